The summed E-state index contributed by atoms with van der Waals surface area (Å²) in [6.07, 6.45) is 5.82. The predicted octanol–water partition coefficient (Wildman–Crippen LogP) is 3.89. The number of hydrogen-bond acceptors (Lipinski definition) is 3. The van der Waals surface area contributed by atoms with Crippen molar-refractivity contribution in [3.63, 3.8) is 0 Å². The zero-order valence-corrected chi connectivity index (χ0v) is 13.9. The number of hydrogen-bond donors (Lipinski definition) is 1. The fourth-order valence-electron chi connectivity index (χ4n) is 3.01. The Labute approximate surface area is 133 Å². The molecule has 124 valence electrons. The van der Waals surface area contributed by atoms with Crippen molar-refractivity contribution < 1.29 is 9.13 Å². The number of benzene rings is 1. The van der Waals surface area contributed by atoms with E-state index in [1.165, 1.54) is 25.7 Å². The van der Waals surface area contributed by atoms with Crippen molar-refractivity contribution in [2.24, 2.45) is 0 Å². The Morgan fingerprint density at radius 1 is 1.23 bits per heavy atom. The Hall–Kier alpha value is -1.13. The van der Waals surface area contributed by atoms with Gasteiger partial charge in [-0.15, -0.1) is 0 Å². The first-order valence-corrected chi connectivity index (χ1v) is 8.49. The number of ether oxygens (including phenoxy) is 1. The number of halogens is 1. The molecule has 1 N–H and O–H groups in total. The summed E-state index contributed by atoms with van der Waals surface area (Å²) < 4.78 is 19.5. The molecule has 0 amide bonds. The van der Waals surface area contributed by atoms with Crippen LogP contribution in [0.5, 0.6) is 0 Å². The average molecular weight is 308 g/mol. The number of rotatable bonds is 7. The topological polar surface area (TPSA) is 24.5 Å². The summed E-state index contributed by atoms with van der Waals surface area (Å²) in [6, 6.07) is 5.85. The molecule has 0 unspecified atom stereocenters. The molecule has 0 aromatic heterocycles. The molecule has 1 aromatic rings. The molecule has 1 aliphatic rings. The quantitative estimate of drug-likeness (QED) is 0.773. The Balaban J connectivity index is 1.96. The van der Waals surface area contributed by atoms with Crippen LogP contribution in [-0.4, -0.2) is 33.4 Å². The zero-order valence-electron chi connectivity index (χ0n) is 13.9. The van der Waals surface area contributed by atoms with Gasteiger partial charge in [0, 0.05) is 32.8 Å². The van der Waals surface area contributed by atoms with Gasteiger partial charge in [-0.3, -0.25) is 0 Å². The zero-order chi connectivity index (χ0) is 15.8. The second-order valence-electron chi connectivity index (χ2n) is 6.13. The fraction of sp³-hybridized carbons (Fsp3) is 0.667. The molecule has 0 saturated carbocycles. The lowest BCUT2D eigenvalue weighted by Gasteiger charge is -2.24. The molecule has 3 nitrogen and oxygen atoms in total. The molecule has 0 aliphatic carbocycles. The van der Waals surface area contributed by atoms with Gasteiger partial charge in [0.2, 0.25) is 0 Å². The third kappa shape index (κ3) is 4.96. The largest absolute Gasteiger partial charge is 0.385 e. The lowest BCUT2D eigenvalue weighted by Crippen LogP contribution is -2.25. The first-order chi connectivity index (χ1) is 10.7. The molecule has 4 heteroatoms. The molecular weight excluding hydrogens is 279 g/mol. The summed E-state index contributed by atoms with van der Waals surface area (Å²) >= 11 is 0. The van der Waals surface area contributed by atoms with E-state index in [4.69, 9.17) is 4.74 Å². The van der Waals surface area contributed by atoms with E-state index in [2.05, 4.69) is 23.2 Å². The molecule has 1 aromatic carbocycles. The Morgan fingerprint density at radius 3 is 2.59 bits per heavy atom. The molecule has 0 bridgehead atoms. The number of nitrogens with one attached hydrogen (secondary N) is 1. The van der Waals surface area contributed by atoms with Crippen molar-refractivity contribution in [1.29, 1.82) is 0 Å². The third-order valence-corrected chi connectivity index (χ3v) is 4.39. The number of methoxy groups -OCH3 is 1. The van der Waals surface area contributed by atoms with Crippen LogP contribution in [0.1, 0.15) is 50.6 Å². The normalized spacial score (nSPS) is 17.3. The molecule has 1 saturated heterocycles. The highest BCUT2D eigenvalue weighted by molar-refractivity contribution is 5.49. The van der Waals surface area contributed by atoms with Crippen molar-refractivity contribution in [2.45, 2.75) is 45.1 Å². The standard InChI is InChI=1S/C18H29FN2O/c1-15(20-10-7-13-22-2)16-8-9-18(17(19)14-16)21-11-5-3-4-6-12-21/h8-9,14-15,20H,3-7,10-13H2,1-2H3/t15-/m1/s1. The van der Waals surface area contributed by atoms with Gasteiger partial charge >= 0.3 is 0 Å². The molecule has 1 aliphatic heterocycles. The van der Waals surface area contributed by atoms with E-state index in [9.17, 15) is 4.39 Å². The predicted molar refractivity (Wildman–Crippen MR) is 90.0 cm³/mol. The first-order valence-electron chi connectivity index (χ1n) is 8.49. The van der Waals surface area contributed by atoms with Crippen LogP contribution in [0.4, 0.5) is 10.1 Å². The molecule has 1 fully saturated rings. The van der Waals surface area contributed by atoms with Crippen molar-refractivity contribution in [2.75, 3.05) is 38.3 Å². The first kappa shape index (κ1) is 17.2. The van der Waals surface area contributed by atoms with E-state index < -0.39 is 0 Å². The molecule has 1 atom stereocenters. The maximum Gasteiger partial charge on any atom is 0.146 e. The Kier molecular flexibility index (Phi) is 7.13. The summed E-state index contributed by atoms with van der Waals surface area (Å²) in [5.74, 6) is -0.0926. The van der Waals surface area contributed by atoms with E-state index in [0.29, 0.717) is 0 Å². The van der Waals surface area contributed by atoms with E-state index in [0.717, 1.165) is 43.9 Å². The van der Waals surface area contributed by atoms with E-state index in [1.54, 1.807) is 13.2 Å². The highest BCUT2D eigenvalue weighted by Crippen LogP contribution is 2.25. The van der Waals surface area contributed by atoms with Crippen molar-refractivity contribution >= 4 is 5.69 Å². The van der Waals surface area contributed by atoms with Crippen LogP contribution in [0.2, 0.25) is 0 Å². The molecule has 1 heterocycles. The highest BCUT2D eigenvalue weighted by atomic mass is 19.1. The van der Waals surface area contributed by atoms with Gasteiger partial charge in [0.05, 0.1) is 5.69 Å². The summed E-state index contributed by atoms with van der Waals surface area (Å²) in [7, 11) is 1.71. The third-order valence-electron chi connectivity index (χ3n) is 4.39. The van der Waals surface area contributed by atoms with Crippen molar-refractivity contribution in [1.82, 2.24) is 5.32 Å². The van der Waals surface area contributed by atoms with Gasteiger partial charge in [-0.05, 0) is 50.4 Å². The number of anilines is 1. The second-order valence-corrected chi connectivity index (χ2v) is 6.13. The van der Waals surface area contributed by atoms with Crippen LogP contribution in [0.3, 0.4) is 0 Å². The van der Waals surface area contributed by atoms with Gasteiger partial charge in [0.15, 0.2) is 0 Å². The van der Waals surface area contributed by atoms with Crippen LogP contribution in [-0.2, 0) is 4.74 Å². The van der Waals surface area contributed by atoms with Crippen LogP contribution < -0.4 is 10.2 Å². The lowest BCUT2D eigenvalue weighted by atomic mass is 10.1. The Bertz CT molecular complexity index is 445. The van der Waals surface area contributed by atoms with Gasteiger partial charge in [0.1, 0.15) is 5.82 Å². The summed E-state index contributed by atoms with van der Waals surface area (Å²) in [4.78, 5) is 2.20. The monoisotopic (exact) mass is 308 g/mol. The molecule has 0 radical (unpaired) electrons. The summed E-state index contributed by atoms with van der Waals surface area (Å²) in [5, 5.41) is 3.41. The van der Waals surface area contributed by atoms with E-state index >= 15 is 0 Å². The highest BCUT2D eigenvalue weighted by Gasteiger charge is 2.15. The second kappa shape index (κ2) is 9.11. The molecule has 22 heavy (non-hydrogen) atoms. The van der Waals surface area contributed by atoms with Crippen LogP contribution in [0.15, 0.2) is 18.2 Å². The van der Waals surface area contributed by atoms with E-state index in [-0.39, 0.29) is 11.9 Å². The maximum atomic E-state index is 14.5. The minimum atomic E-state index is -0.0926. The van der Waals surface area contributed by atoms with Crippen molar-refractivity contribution in [3.05, 3.63) is 29.6 Å². The minimum Gasteiger partial charge on any atom is -0.385 e. The van der Waals surface area contributed by atoms with Gasteiger partial charge < -0.3 is 15.0 Å². The van der Waals surface area contributed by atoms with Gasteiger partial charge in [-0.2, -0.15) is 0 Å². The number of nitrogens with zero attached hydrogens (tertiary/aromatic N) is 1. The molecule has 0 spiro atoms. The Morgan fingerprint density at radius 2 is 1.95 bits per heavy atom. The van der Waals surface area contributed by atoms with Crippen LogP contribution in [0.25, 0.3) is 0 Å². The van der Waals surface area contributed by atoms with Gasteiger partial charge in [-0.25, -0.2) is 4.39 Å². The van der Waals surface area contributed by atoms with Gasteiger partial charge in [0.25, 0.3) is 0 Å². The van der Waals surface area contributed by atoms with E-state index in [1.807, 2.05) is 6.07 Å². The summed E-state index contributed by atoms with van der Waals surface area (Å²) in [5.41, 5.74) is 1.77. The van der Waals surface area contributed by atoms with Crippen LogP contribution >= 0.6 is 0 Å². The minimum absolute atomic E-state index is 0.0926. The summed E-state index contributed by atoms with van der Waals surface area (Å²) in [6.45, 7) is 5.65. The smallest absolute Gasteiger partial charge is 0.146 e. The molecule has 2 rings (SSSR count). The van der Waals surface area contributed by atoms with Crippen molar-refractivity contribution in [3.8, 4) is 0 Å². The van der Waals surface area contributed by atoms with Crippen LogP contribution in [0, 0.1) is 5.82 Å². The fourth-order valence-corrected chi connectivity index (χ4v) is 3.01. The SMILES string of the molecule is COCCCN[C@H](C)c1ccc(N2CCCCCC2)c(F)c1. The molecular formula is C18H29FN2O. The average Bonchev–Trinajstić information content (AvgIpc) is 2.80. The maximum absolute atomic E-state index is 14.5. The lowest BCUT2D eigenvalue weighted by molar-refractivity contribution is 0.193. The van der Waals surface area contributed by atoms with Gasteiger partial charge in [-0.1, -0.05) is 18.9 Å².